The molecule has 0 aliphatic heterocycles. The maximum absolute atomic E-state index is 12.9. The van der Waals surface area contributed by atoms with E-state index in [1.807, 2.05) is 12.1 Å². The van der Waals surface area contributed by atoms with Crippen molar-refractivity contribution >= 4 is 15.9 Å². The molecule has 1 aromatic heterocycles. The van der Waals surface area contributed by atoms with Gasteiger partial charge in [-0.1, -0.05) is 12.1 Å². The zero-order chi connectivity index (χ0) is 10.7. The summed E-state index contributed by atoms with van der Waals surface area (Å²) < 4.78 is 13.5. The van der Waals surface area contributed by atoms with Crippen LogP contribution in [0.25, 0.3) is 0 Å². The molecule has 0 aliphatic rings. The lowest BCUT2D eigenvalue weighted by Gasteiger charge is -2.01. The number of hydrogen-bond donors (Lipinski definition) is 0. The van der Waals surface area contributed by atoms with Crippen LogP contribution < -0.4 is 0 Å². The zero-order valence-corrected chi connectivity index (χ0v) is 9.41. The van der Waals surface area contributed by atoms with Gasteiger partial charge < -0.3 is 0 Å². The third-order valence-electron chi connectivity index (χ3n) is 1.96. The zero-order valence-electron chi connectivity index (χ0n) is 7.82. The van der Waals surface area contributed by atoms with Crippen molar-refractivity contribution < 1.29 is 4.39 Å². The van der Waals surface area contributed by atoms with Gasteiger partial charge in [-0.3, -0.25) is 0 Å². The monoisotopic (exact) mass is 266 g/mol. The molecule has 0 fully saturated rings. The minimum Gasteiger partial charge on any atom is -0.231 e. The topological polar surface area (TPSA) is 25.8 Å². The Morgan fingerprint density at radius 2 is 2.13 bits per heavy atom. The van der Waals surface area contributed by atoms with E-state index in [2.05, 4.69) is 25.9 Å². The minimum atomic E-state index is -0.222. The normalized spacial score (nSPS) is 10.3. The molecule has 2 aromatic rings. The van der Waals surface area contributed by atoms with Crippen molar-refractivity contribution in [2.24, 2.45) is 0 Å². The lowest BCUT2D eigenvalue weighted by atomic mass is 10.1. The molecule has 1 aromatic carbocycles. The highest BCUT2D eigenvalue weighted by Crippen LogP contribution is 2.10. The van der Waals surface area contributed by atoms with Crippen LogP contribution in [0.5, 0.6) is 0 Å². The Bertz CT molecular complexity index is 430. The second-order valence-corrected chi connectivity index (χ2v) is 3.83. The summed E-state index contributed by atoms with van der Waals surface area (Å²) in [5.41, 5.74) is 1.77. The molecule has 2 rings (SSSR count). The first-order valence-electron chi connectivity index (χ1n) is 4.46. The maximum atomic E-state index is 12.9. The minimum absolute atomic E-state index is 0.222. The van der Waals surface area contributed by atoms with Gasteiger partial charge in [0.05, 0.1) is 0 Å². The van der Waals surface area contributed by atoms with Gasteiger partial charge >= 0.3 is 0 Å². The summed E-state index contributed by atoms with van der Waals surface area (Å²) in [5, 5.41) is 0. The van der Waals surface area contributed by atoms with Crippen LogP contribution in [0.1, 0.15) is 11.3 Å². The van der Waals surface area contributed by atoms with E-state index in [-0.39, 0.29) is 5.82 Å². The molecule has 0 spiro atoms. The summed E-state index contributed by atoms with van der Waals surface area (Å²) in [6.45, 7) is 0. The SMILES string of the molecule is Fc1cccc(Cc2ccnc(Br)n2)c1. The van der Waals surface area contributed by atoms with Crippen LogP contribution in [0.4, 0.5) is 4.39 Å². The fourth-order valence-corrected chi connectivity index (χ4v) is 1.67. The Kier molecular flexibility index (Phi) is 3.06. The number of hydrogen-bond acceptors (Lipinski definition) is 2. The summed E-state index contributed by atoms with van der Waals surface area (Å²) in [6.07, 6.45) is 2.28. The van der Waals surface area contributed by atoms with Crippen LogP contribution in [-0.2, 0) is 6.42 Å². The predicted octanol–water partition coefficient (Wildman–Crippen LogP) is 2.97. The van der Waals surface area contributed by atoms with E-state index in [4.69, 9.17) is 0 Å². The Morgan fingerprint density at radius 1 is 1.27 bits per heavy atom. The lowest BCUT2D eigenvalue weighted by Crippen LogP contribution is -1.94. The van der Waals surface area contributed by atoms with Gasteiger partial charge in [0.15, 0.2) is 4.73 Å². The van der Waals surface area contributed by atoms with E-state index in [1.165, 1.54) is 12.1 Å². The fraction of sp³-hybridized carbons (Fsp3) is 0.0909. The van der Waals surface area contributed by atoms with Crippen molar-refractivity contribution in [3.05, 3.63) is 58.3 Å². The molecule has 15 heavy (non-hydrogen) atoms. The average Bonchev–Trinajstić information content (AvgIpc) is 2.17. The van der Waals surface area contributed by atoms with Crippen molar-refractivity contribution in [3.8, 4) is 0 Å². The van der Waals surface area contributed by atoms with Crippen LogP contribution in [0.2, 0.25) is 0 Å². The van der Waals surface area contributed by atoms with Crippen LogP contribution >= 0.6 is 15.9 Å². The molecule has 0 amide bonds. The third-order valence-corrected chi connectivity index (χ3v) is 2.34. The van der Waals surface area contributed by atoms with E-state index in [0.717, 1.165) is 11.3 Å². The quantitative estimate of drug-likeness (QED) is 0.782. The highest BCUT2D eigenvalue weighted by atomic mass is 79.9. The van der Waals surface area contributed by atoms with E-state index in [9.17, 15) is 4.39 Å². The summed E-state index contributed by atoms with van der Waals surface area (Å²) in [4.78, 5) is 8.11. The van der Waals surface area contributed by atoms with Crippen molar-refractivity contribution in [3.63, 3.8) is 0 Å². The van der Waals surface area contributed by atoms with Crippen molar-refractivity contribution in [2.45, 2.75) is 6.42 Å². The van der Waals surface area contributed by atoms with E-state index >= 15 is 0 Å². The lowest BCUT2D eigenvalue weighted by molar-refractivity contribution is 0.626. The molecule has 0 unspecified atom stereocenters. The second kappa shape index (κ2) is 4.49. The average molecular weight is 267 g/mol. The number of benzene rings is 1. The van der Waals surface area contributed by atoms with E-state index < -0.39 is 0 Å². The molecule has 0 N–H and O–H groups in total. The van der Waals surface area contributed by atoms with Crippen LogP contribution in [0, 0.1) is 5.82 Å². The molecular weight excluding hydrogens is 259 g/mol. The standard InChI is InChI=1S/C11H8BrFN2/c12-11-14-5-4-10(15-11)7-8-2-1-3-9(13)6-8/h1-6H,7H2. The van der Waals surface area contributed by atoms with Gasteiger partial charge in [-0.15, -0.1) is 0 Å². The maximum Gasteiger partial charge on any atom is 0.196 e. The molecule has 0 atom stereocenters. The number of rotatable bonds is 2. The molecule has 76 valence electrons. The van der Waals surface area contributed by atoms with Gasteiger partial charge in [0.25, 0.3) is 0 Å². The van der Waals surface area contributed by atoms with Gasteiger partial charge in [0.1, 0.15) is 5.82 Å². The third kappa shape index (κ3) is 2.83. The van der Waals surface area contributed by atoms with Gasteiger partial charge in [0.2, 0.25) is 0 Å². The summed E-state index contributed by atoms with van der Waals surface area (Å²) >= 11 is 3.19. The fourth-order valence-electron chi connectivity index (χ4n) is 1.32. The van der Waals surface area contributed by atoms with Crippen molar-refractivity contribution in [1.29, 1.82) is 0 Å². The van der Waals surface area contributed by atoms with Gasteiger partial charge in [0, 0.05) is 18.3 Å². The predicted molar refractivity (Wildman–Crippen MR) is 58.9 cm³/mol. The first kappa shape index (κ1) is 10.2. The Hall–Kier alpha value is -1.29. The molecule has 4 heteroatoms. The Labute approximate surface area is 95.3 Å². The molecule has 0 radical (unpaired) electrons. The van der Waals surface area contributed by atoms with Gasteiger partial charge in [-0.2, -0.15) is 0 Å². The first-order chi connectivity index (χ1) is 7.24. The van der Waals surface area contributed by atoms with Crippen LogP contribution in [-0.4, -0.2) is 9.97 Å². The Balaban J connectivity index is 2.22. The summed E-state index contributed by atoms with van der Waals surface area (Å²) in [6, 6.07) is 8.32. The van der Waals surface area contributed by atoms with E-state index in [0.29, 0.717) is 11.2 Å². The van der Waals surface area contributed by atoms with Crippen molar-refractivity contribution in [1.82, 2.24) is 9.97 Å². The smallest absolute Gasteiger partial charge is 0.196 e. The number of aromatic nitrogens is 2. The molecule has 0 bridgehead atoms. The highest BCUT2D eigenvalue weighted by molar-refractivity contribution is 9.10. The first-order valence-corrected chi connectivity index (χ1v) is 5.25. The van der Waals surface area contributed by atoms with Crippen molar-refractivity contribution in [2.75, 3.05) is 0 Å². The number of halogens is 2. The van der Waals surface area contributed by atoms with Gasteiger partial charge in [-0.25, -0.2) is 14.4 Å². The summed E-state index contributed by atoms with van der Waals surface area (Å²) in [5.74, 6) is -0.222. The number of nitrogens with zero attached hydrogens (tertiary/aromatic N) is 2. The Morgan fingerprint density at radius 3 is 2.87 bits per heavy atom. The van der Waals surface area contributed by atoms with E-state index in [1.54, 1.807) is 12.3 Å². The molecule has 0 aliphatic carbocycles. The highest BCUT2D eigenvalue weighted by Gasteiger charge is 2.00. The molecule has 2 nitrogen and oxygen atoms in total. The van der Waals surface area contributed by atoms with Crippen LogP contribution in [0.15, 0.2) is 41.3 Å². The van der Waals surface area contributed by atoms with Gasteiger partial charge in [-0.05, 0) is 39.7 Å². The second-order valence-electron chi connectivity index (χ2n) is 3.12. The van der Waals surface area contributed by atoms with Crippen LogP contribution in [0.3, 0.4) is 0 Å². The largest absolute Gasteiger partial charge is 0.231 e. The molecule has 0 saturated carbocycles. The molecular formula is C11H8BrFN2. The molecule has 1 heterocycles. The summed E-state index contributed by atoms with van der Waals surface area (Å²) in [7, 11) is 0. The molecule has 0 saturated heterocycles.